The largest absolute Gasteiger partial charge is 0.420 e. The van der Waals surface area contributed by atoms with E-state index in [0.29, 0.717) is 0 Å². The number of hydrogen-bond acceptors (Lipinski definition) is 1. The molecule has 0 saturated heterocycles. The Hall–Kier alpha value is -10.6. The van der Waals surface area contributed by atoms with E-state index in [1.165, 1.54) is 18.2 Å². The van der Waals surface area contributed by atoms with Crippen LogP contribution in [0.15, 0.2) is 182 Å². The van der Waals surface area contributed by atoms with Gasteiger partial charge in [0, 0.05) is 27.1 Å². The number of hydrogen-bond donors (Lipinski definition) is 0. The van der Waals surface area contributed by atoms with Crippen molar-refractivity contribution in [1.82, 2.24) is 9.13 Å². The van der Waals surface area contributed by atoms with Gasteiger partial charge in [-0.3, -0.25) is 0 Å². The highest BCUT2D eigenvalue weighted by Crippen LogP contribution is 2.52. The van der Waals surface area contributed by atoms with Crippen LogP contribution in [-0.4, -0.2) is 9.13 Å². The van der Waals surface area contributed by atoms with Gasteiger partial charge in [0.25, 0.3) is 0 Å². The van der Waals surface area contributed by atoms with Crippen molar-refractivity contribution in [1.29, 1.82) is 5.26 Å². The summed E-state index contributed by atoms with van der Waals surface area (Å²) in [6.45, 7) is 0. The van der Waals surface area contributed by atoms with Gasteiger partial charge in [0.1, 0.15) is 5.56 Å². The molecule has 100 heavy (non-hydrogen) atoms. The lowest BCUT2D eigenvalue weighted by atomic mass is 9.95. The number of aromatic nitrogens is 2. The van der Waals surface area contributed by atoms with Gasteiger partial charge in [-0.2, -0.15) is 124 Å². The summed E-state index contributed by atoms with van der Waals surface area (Å²) >= 11 is 0. The highest BCUT2D eigenvalue weighted by Gasteiger charge is 2.44. The van der Waals surface area contributed by atoms with Crippen LogP contribution in [0.2, 0.25) is 0 Å². The molecule has 0 saturated carbocycles. The fourth-order valence-electron chi connectivity index (χ4n) is 12.0. The molecule has 0 fully saturated rings. The third-order valence-corrected chi connectivity index (χ3v) is 16.4. The first kappa shape index (κ1) is 69.3. The number of rotatable bonds is 7. The predicted molar refractivity (Wildman–Crippen MR) is 312 cm³/mol. The predicted octanol–water partition coefficient (Wildman–Crippen LogP) is 25.3. The van der Waals surface area contributed by atoms with Gasteiger partial charge in [-0.05, 0) is 190 Å². The van der Waals surface area contributed by atoms with Crippen LogP contribution < -0.4 is 0 Å². The summed E-state index contributed by atoms with van der Waals surface area (Å²) in [5.74, 6) is 0. The van der Waals surface area contributed by atoms with E-state index in [9.17, 15) is 111 Å². The van der Waals surface area contributed by atoms with Crippen LogP contribution in [0.1, 0.15) is 55.6 Å². The average molecular weight is 1430 g/mol. The third kappa shape index (κ3) is 13.0. The monoisotopic (exact) mass is 1430 g/mol. The van der Waals surface area contributed by atoms with E-state index in [1.807, 2.05) is 0 Å². The molecule has 0 atom stereocenters. The quantitative estimate of drug-likeness (QED) is 0.146. The summed E-state index contributed by atoms with van der Waals surface area (Å²) in [6, 6.07) is 19.9. The topological polar surface area (TPSA) is 33.6 Å². The molecule has 12 aromatic rings. The van der Waals surface area contributed by atoms with Crippen LogP contribution in [0.4, 0.5) is 119 Å². The fourth-order valence-corrected chi connectivity index (χ4v) is 12.0. The highest BCUT2D eigenvalue weighted by atomic mass is 19.4. The SMILES string of the molecule is N#Cc1cccc(-c2ccc(-n3c4ccc(-c5cc(C(F)(F)F)cc(C(F)(F)F)c5)cc4c4cc(-c5cc(C(F)(F)F)cc(C(F)(F)F)c5)ccc43)c(C(F)(F)F)c2-n2c3ccc(-c4cc(C(F)(F)F)cc(C(F)(F)F)c4)cc3c3cc(-c4cc(C(F)(F)F)cc(C(F)(F)F)c4)ccc32)c1. The molecule has 0 bridgehead atoms. The van der Waals surface area contributed by atoms with E-state index in [2.05, 4.69) is 0 Å². The van der Waals surface area contributed by atoms with Crippen molar-refractivity contribution >= 4 is 43.6 Å². The summed E-state index contributed by atoms with van der Waals surface area (Å²) < 4.78 is 398. The molecule has 0 aliphatic carbocycles. The molecule has 0 aliphatic rings. The zero-order chi connectivity index (χ0) is 72.9. The van der Waals surface area contributed by atoms with Crippen molar-refractivity contribution < 1.29 is 119 Å². The summed E-state index contributed by atoms with van der Waals surface area (Å²) in [4.78, 5) is 0. The zero-order valence-corrected chi connectivity index (χ0v) is 48.9. The first-order valence-corrected chi connectivity index (χ1v) is 28.3. The maximum Gasteiger partial charge on any atom is 0.420 e. The molecular weight excluding hydrogens is 1400 g/mol. The number of halogens is 27. The number of nitriles is 1. The van der Waals surface area contributed by atoms with Gasteiger partial charge < -0.3 is 9.13 Å². The van der Waals surface area contributed by atoms with E-state index >= 15 is 13.2 Å². The Morgan fingerprint density at radius 3 is 0.760 bits per heavy atom. The van der Waals surface area contributed by atoms with E-state index in [1.54, 1.807) is 6.07 Å². The molecule has 3 nitrogen and oxygen atoms in total. The van der Waals surface area contributed by atoms with E-state index in [0.717, 1.165) is 100 Å². The first-order valence-electron chi connectivity index (χ1n) is 28.3. The number of fused-ring (bicyclic) bond motifs is 6. The molecule has 12 rings (SSSR count). The molecule has 0 unspecified atom stereocenters. The van der Waals surface area contributed by atoms with Crippen molar-refractivity contribution in [3.05, 3.63) is 238 Å². The third-order valence-electron chi connectivity index (χ3n) is 16.4. The molecule has 0 N–H and O–H groups in total. The van der Waals surface area contributed by atoms with Crippen LogP contribution in [-0.2, 0) is 55.6 Å². The Morgan fingerprint density at radius 1 is 0.240 bits per heavy atom. The molecule has 2 heterocycles. The van der Waals surface area contributed by atoms with Crippen molar-refractivity contribution in [2.45, 2.75) is 55.6 Å². The van der Waals surface area contributed by atoms with Crippen LogP contribution >= 0.6 is 0 Å². The summed E-state index contributed by atoms with van der Waals surface area (Å²) in [7, 11) is 0. The van der Waals surface area contributed by atoms with E-state index < -0.39 is 211 Å². The van der Waals surface area contributed by atoms with Crippen molar-refractivity contribution in [2.75, 3.05) is 0 Å². The molecule has 514 valence electrons. The average Bonchev–Trinajstić information content (AvgIpc) is 1.53. The summed E-state index contributed by atoms with van der Waals surface area (Å²) in [6.07, 6.45) is -49.6. The van der Waals surface area contributed by atoms with E-state index in [4.69, 9.17) is 0 Å². The van der Waals surface area contributed by atoms with Crippen LogP contribution in [0.3, 0.4) is 0 Å². The van der Waals surface area contributed by atoms with Gasteiger partial charge >= 0.3 is 55.6 Å². The van der Waals surface area contributed by atoms with Gasteiger partial charge in [0.05, 0.1) is 89.6 Å². The van der Waals surface area contributed by atoms with Crippen LogP contribution in [0, 0.1) is 11.3 Å². The second-order valence-electron chi connectivity index (χ2n) is 22.8. The zero-order valence-electron chi connectivity index (χ0n) is 48.9. The van der Waals surface area contributed by atoms with Crippen LogP contribution in [0.25, 0.3) is 111 Å². The van der Waals surface area contributed by atoms with Gasteiger partial charge in [0.15, 0.2) is 0 Å². The fraction of sp³-hybridized carbons (Fsp3) is 0.129. The number of nitrogens with zero attached hydrogens (tertiary/aromatic N) is 3. The molecule has 2 aromatic heterocycles. The number of benzene rings is 10. The Kier molecular flexibility index (Phi) is 16.1. The minimum absolute atomic E-state index is 0.225. The first-order chi connectivity index (χ1) is 46.2. The van der Waals surface area contributed by atoms with Crippen LogP contribution in [0.5, 0.6) is 0 Å². The van der Waals surface area contributed by atoms with Gasteiger partial charge in [-0.1, -0.05) is 42.5 Å². The second-order valence-corrected chi connectivity index (χ2v) is 22.8. The smallest absolute Gasteiger partial charge is 0.309 e. The van der Waals surface area contributed by atoms with Gasteiger partial charge in [-0.15, -0.1) is 0 Å². The molecule has 0 aliphatic heterocycles. The Balaban J connectivity index is 1.23. The standard InChI is InChI=1S/C70H30F27N3/c71-62(72,73)42-15-38(16-43(27-42)63(74,75)76)33-4-9-55-51(23-33)52-24-34(39-17-44(64(77,78)79)28-45(18-39)65(80,81)82)5-10-56(52)99(55)59-13-8-50(37-3-1-2-32(14-37)31-98)61(60(59)70(95,96)97)100-57-11-6-35(40-19-46(66(83,84)85)29-47(20-40)67(86,87)88)25-53(57)54-26-36(7-12-58(54)100)41-21-48(68(89,90)91)30-49(22-41)69(92,93)94/h1-30H. The minimum Gasteiger partial charge on any atom is -0.309 e. The molecule has 0 amide bonds. The summed E-state index contributed by atoms with van der Waals surface area (Å²) in [5.41, 5.74) is -27.3. The lowest BCUT2D eigenvalue weighted by Crippen LogP contribution is -2.17. The Morgan fingerprint density at radius 2 is 0.510 bits per heavy atom. The number of alkyl halides is 27. The minimum atomic E-state index is -5.81. The second kappa shape index (κ2) is 23.3. The van der Waals surface area contributed by atoms with E-state index in [-0.39, 0.29) is 83.9 Å². The van der Waals surface area contributed by atoms with Crippen molar-refractivity contribution in [3.8, 4) is 73.1 Å². The molecule has 10 aromatic carbocycles. The summed E-state index contributed by atoms with van der Waals surface area (Å²) in [5, 5.41) is 8.23. The van der Waals surface area contributed by atoms with Crippen molar-refractivity contribution in [3.63, 3.8) is 0 Å². The Labute approximate surface area is 541 Å². The maximum atomic E-state index is 17.3. The molecule has 0 spiro atoms. The molecule has 0 radical (unpaired) electrons. The lowest BCUT2D eigenvalue weighted by Gasteiger charge is -2.24. The van der Waals surface area contributed by atoms with Crippen molar-refractivity contribution in [2.24, 2.45) is 0 Å². The molecule has 30 heteroatoms. The maximum absolute atomic E-state index is 17.3. The van der Waals surface area contributed by atoms with Gasteiger partial charge in [-0.25, -0.2) is 0 Å². The van der Waals surface area contributed by atoms with Gasteiger partial charge in [0.2, 0.25) is 0 Å². The molecular formula is C70H30F27N3. The normalized spacial score (nSPS) is 13.3. The highest BCUT2D eigenvalue weighted by molar-refractivity contribution is 6.14. The lowest BCUT2D eigenvalue weighted by molar-refractivity contribution is -0.144. The Bertz CT molecular complexity index is 4970.